The first kappa shape index (κ1) is 12.2. The van der Waals surface area contributed by atoms with Gasteiger partial charge >= 0.3 is 0 Å². The summed E-state index contributed by atoms with van der Waals surface area (Å²) in [7, 11) is 0. The Morgan fingerprint density at radius 2 is 1.58 bits per heavy atom. The van der Waals surface area contributed by atoms with Crippen LogP contribution in [0.3, 0.4) is 0 Å². The zero-order valence-electron chi connectivity index (χ0n) is 12.0. The van der Waals surface area contributed by atoms with E-state index in [9.17, 15) is 4.79 Å². The van der Waals surface area contributed by atoms with Crippen LogP contribution in [0.2, 0.25) is 0 Å². The molecule has 1 amide bonds. The molecule has 0 aliphatic heterocycles. The Kier molecular flexibility index (Phi) is 2.70. The summed E-state index contributed by atoms with van der Waals surface area (Å²) in [6, 6.07) is 0.595. The van der Waals surface area contributed by atoms with Crippen LogP contribution in [-0.4, -0.2) is 23.5 Å². The minimum atomic E-state index is -0.0134. The van der Waals surface area contributed by atoms with Crippen molar-refractivity contribution < 1.29 is 4.79 Å². The molecule has 0 aromatic rings. The molecule has 4 bridgehead atoms. The minimum absolute atomic E-state index is 0.0134. The van der Waals surface area contributed by atoms with Gasteiger partial charge in [0.15, 0.2) is 0 Å². The van der Waals surface area contributed by atoms with Gasteiger partial charge in [-0.1, -0.05) is 0 Å². The van der Waals surface area contributed by atoms with Crippen molar-refractivity contribution in [3.05, 3.63) is 0 Å². The highest BCUT2D eigenvalue weighted by Crippen LogP contribution is 2.55. The molecule has 19 heavy (non-hydrogen) atoms. The monoisotopic (exact) mass is 262 g/mol. The van der Waals surface area contributed by atoms with Crippen LogP contribution in [0, 0.1) is 17.8 Å². The summed E-state index contributed by atoms with van der Waals surface area (Å²) in [5, 5.41) is 6.88. The molecule has 0 spiro atoms. The van der Waals surface area contributed by atoms with Gasteiger partial charge in [0.2, 0.25) is 5.91 Å². The third-order valence-corrected chi connectivity index (χ3v) is 5.88. The lowest BCUT2D eigenvalue weighted by Gasteiger charge is -2.57. The fourth-order valence-electron chi connectivity index (χ4n) is 5.31. The number of hydrogen-bond donors (Lipinski definition) is 2. The van der Waals surface area contributed by atoms with Gasteiger partial charge in [0.1, 0.15) is 0 Å². The highest BCUT2D eigenvalue weighted by Gasteiger charge is 2.51. The molecule has 106 valence electrons. The fraction of sp³-hybridized carbons (Fsp3) is 0.938. The maximum absolute atomic E-state index is 12.4. The standard InChI is InChI=1S/C16H26N2O/c1-10(17-14-2-3-14)15(19)18-16-7-11-4-12(8-16)6-13(5-11)9-16/h10-14,17H,2-9H2,1H3,(H,18,19). The second kappa shape index (κ2) is 4.21. The molecule has 0 aromatic carbocycles. The lowest BCUT2D eigenvalue weighted by Crippen LogP contribution is -2.62. The Hall–Kier alpha value is -0.570. The van der Waals surface area contributed by atoms with Crippen LogP contribution in [-0.2, 0) is 4.79 Å². The van der Waals surface area contributed by atoms with Crippen LogP contribution in [0.1, 0.15) is 58.3 Å². The van der Waals surface area contributed by atoms with Gasteiger partial charge in [0.05, 0.1) is 6.04 Å². The smallest absolute Gasteiger partial charge is 0.237 e. The third kappa shape index (κ3) is 2.31. The van der Waals surface area contributed by atoms with E-state index in [-0.39, 0.29) is 17.5 Å². The average molecular weight is 262 g/mol. The van der Waals surface area contributed by atoms with E-state index >= 15 is 0 Å². The van der Waals surface area contributed by atoms with Gasteiger partial charge < -0.3 is 10.6 Å². The van der Waals surface area contributed by atoms with Crippen molar-refractivity contribution in [2.45, 2.75) is 75.9 Å². The maximum Gasteiger partial charge on any atom is 0.237 e. The second-order valence-corrected chi connectivity index (χ2v) is 7.85. The fourth-order valence-corrected chi connectivity index (χ4v) is 5.31. The van der Waals surface area contributed by atoms with Gasteiger partial charge in [-0.05, 0) is 76.0 Å². The highest BCUT2D eigenvalue weighted by atomic mass is 16.2. The summed E-state index contributed by atoms with van der Waals surface area (Å²) in [5.41, 5.74) is 0.172. The van der Waals surface area contributed by atoms with E-state index in [1.807, 2.05) is 6.92 Å². The molecule has 5 fully saturated rings. The van der Waals surface area contributed by atoms with Crippen molar-refractivity contribution in [1.29, 1.82) is 0 Å². The van der Waals surface area contributed by atoms with Crippen LogP contribution in [0.15, 0.2) is 0 Å². The van der Waals surface area contributed by atoms with E-state index in [1.54, 1.807) is 0 Å². The van der Waals surface area contributed by atoms with Gasteiger partial charge in [0, 0.05) is 11.6 Å². The Labute approximate surface area is 115 Å². The molecule has 1 unspecified atom stereocenters. The van der Waals surface area contributed by atoms with Crippen molar-refractivity contribution in [2.24, 2.45) is 17.8 Å². The van der Waals surface area contributed by atoms with Crippen LogP contribution in [0.4, 0.5) is 0 Å². The molecule has 5 aliphatic rings. The molecule has 3 heteroatoms. The Morgan fingerprint density at radius 3 is 2.05 bits per heavy atom. The maximum atomic E-state index is 12.4. The predicted molar refractivity (Wildman–Crippen MR) is 74.7 cm³/mol. The summed E-state index contributed by atoms with van der Waals surface area (Å²) in [6.45, 7) is 2.02. The van der Waals surface area contributed by atoms with E-state index < -0.39 is 0 Å². The topological polar surface area (TPSA) is 41.1 Å². The molecule has 0 heterocycles. The van der Waals surface area contributed by atoms with Crippen molar-refractivity contribution >= 4 is 5.91 Å². The average Bonchev–Trinajstić information content (AvgIpc) is 3.10. The molecule has 0 saturated heterocycles. The van der Waals surface area contributed by atoms with Crippen LogP contribution in [0.5, 0.6) is 0 Å². The van der Waals surface area contributed by atoms with E-state index in [4.69, 9.17) is 0 Å². The molecule has 3 nitrogen and oxygen atoms in total. The molecule has 0 radical (unpaired) electrons. The third-order valence-electron chi connectivity index (χ3n) is 5.88. The summed E-state index contributed by atoms with van der Waals surface area (Å²) in [6.07, 6.45) is 10.5. The number of carbonyl (C=O) groups excluding carboxylic acids is 1. The lowest BCUT2D eigenvalue weighted by atomic mass is 9.53. The van der Waals surface area contributed by atoms with Crippen LogP contribution >= 0.6 is 0 Å². The van der Waals surface area contributed by atoms with E-state index in [0.29, 0.717) is 6.04 Å². The van der Waals surface area contributed by atoms with E-state index in [2.05, 4.69) is 10.6 Å². The number of amides is 1. The molecular formula is C16H26N2O. The predicted octanol–water partition coefficient (Wildman–Crippen LogP) is 2.21. The minimum Gasteiger partial charge on any atom is -0.349 e. The molecule has 0 aromatic heterocycles. The first-order valence-electron chi connectivity index (χ1n) is 8.20. The Morgan fingerprint density at radius 1 is 1.05 bits per heavy atom. The molecule has 1 atom stereocenters. The van der Waals surface area contributed by atoms with Gasteiger partial charge in [-0.25, -0.2) is 0 Å². The lowest BCUT2D eigenvalue weighted by molar-refractivity contribution is -0.128. The van der Waals surface area contributed by atoms with E-state index in [0.717, 1.165) is 17.8 Å². The highest BCUT2D eigenvalue weighted by molar-refractivity contribution is 5.82. The van der Waals surface area contributed by atoms with Gasteiger partial charge in [-0.3, -0.25) is 4.79 Å². The molecule has 2 N–H and O–H groups in total. The summed E-state index contributed by atoms with van der Waals surface area (Å²) < 4.78 is 0. The van der Waals surface area contributed by atoms with Crippen molar-refractivity contribution in [2.75, 3.05) is 0 Å². The van der Waals surface area contributed by atoms with Crippen LogP contribution in [0.25, 0.3) is 0 Å². The Balaban J connectivity index is 1.42. The summed E-state index contributed by atoms with van der Waals surface area (Å²) in [4.78, 5) is 12.4. The van der Waals surface area contributed by atoms with Gasteiger partial charge in [0.25, 0.3) is 0 Å². The van der Waals surface area contributed by atoms with E-state index in [1.165, 1.54) is 51.4 Å². The SMILES string of the molecule is CC(NC1CC1)C(=O)NC12CC3CC(CC(C3)C1)C2. The largest absolute Gasteiger partial charge is 0.349 e. The summed E-state index contributed by atoms with van der Waals surface area (Å²) in [5.74, 6) is 2.95. The second-order valence-electron chi connectivity index (χ2n) is 7.85. The zero-order chi connectivity index (χ0) is 13.0. The number of nitrogens with one attached hydrogen (secondary N) is 2. The van der Waals surface area contributed by atoms with Crippen molar-refractivity contribution in [1.82, 2.24) is 10.6 Å². The molecule has 5 rings (SSSR count). The van der Waals surface area contributed by atoms with Crippen molar-refractivity contribution in [3.63, 3.8) is 0 Å². The quantitative estimate of drug-likeness (QED) is 0.815. The normalized spacial score (nSPS) is 45.2. The van der Waals surface area contributed by atoms with Gasteiger partial charge in [-0.2, -0.15) is 0 Å². The summed E-state index contributed by atoms with van der Waals surface area (Å²) >= 11 is 0. The van der Waals surface area contributed by atoms with Crippen molar-refractivity contribution in [3.8, 4) is 0 Å². The first-order chi connectivity index (χ1) is 9.12. The number of carbonyl (C=O) groups is 1. The number of rotatable bonds is 4. The molecular weight excluding hydrogens is 236 g/mol. The number of hydrogen-bond acceptors (Lipinski definition) is 2. The first-order valence-corrected chi connectivity index (χ1v) is 8.20. The van der Waals surface area contributed by atoms with Crippen LogP contribution < -0.4 is 10.6 Å². The van der Waals surface area contributed by atoms with Gasteiger partial charge in [-0.15, -0.1) is 0 Å². The molecule has 5 saturated carbocycles. The zero-order valence-corrected chi connectivity index (χ0v) is 12.0. The Bertz CT molecular complexity index is 353. The molecule has 5 aliphatic carbocycles.